The summed E-state index contributed by atoms with van der Waals surface area (Å²) in [5.74, 6) is -0.258. The molecule has 2 aliphatic rings. The summed E-state index contributed by atoms with van der Waals surface area (Å²) < 4.78 is 37.6. The fourth-order valence-electron chi connectivity index (χ4n) is 2.61. The van der Waals surface area contributed by atoms with Gasteiger partial charge in [0.1, 0.15) is 0 Å². The predicted molar refractivity (Wildman–Crippen MR) is 84.8 cm³/mol. The normalized spacial score (nSPS) is 23.0. The number of thioether (sulfide) groups is 1. The van der Waals surface area contributed by atoms with Crippen LogP contribution in [0.1, 0.15) is 36.8 Å². The first kappa shape index (κ1) is 16.1. The molecule has 2 fully saturated rings. The van der Waals surface area contributed by atoms with Crippen LogP contribution in [-0.2, 0) is 11.0 Å². The zero-order chi connectivity index (χ0) is 16.4. The van der Waals surface area contributed by atoms with Gasteiger partial charge in [0.2, 0.25) is 0 Å². The Bertz CT molecular complexity index is 659. The molecule has 0 radical (unpaired) electrons. The Balaban J connectivity index is 1.73. The van der Waals surface area contributed by atoms with E-state index in [-0.39, 0.29) is 11.9 Å². The minimum absolute atomic E-state index is 0.258. The van der Waals surface area contributed by atoms with Crippen molar-refractivity contribution in [1.29, 1.82) is 0 Å². The predicted octanol–water partition coefficient (Wildman–Crippen LogP) is 4.21. The lowest BCUT2D eigenvalue weighted by molar-refractivity contribution is -0.137. The molecular formula is C16H15F3N2OS. The maximum atomic E-state index is 12.5. The number of nitrogens with zero attached hydrogens (tertiary/aromatic N) is 1. The first-order valence-electron chi connectivity index (χ1n) is 7.38. The van der Waals surface area contributed by atoms with E-state index >= 15 is 0 Å². The summed E-state index contributed by atoms with van der Waals surface area (Å²) in [5.41, 5.74) is -0.149. The molecule has 7 heteroatoms. The molecule has 1 aromatic carbocycles. The molecule has 0 bridgehead atoms. The maximum absolute atomic E-state index is 12.5. The van der Waals surface area contributed by atoms with Crippen LogP contribution in [-0.4, -0.2) is 17.1 Å². The summed E-state index contributed by atoms with van der Waals surface area (Å²) >= 11 is 1.24. The second-order valence-electron chi connectivity index (χ2n) is 5.56. The lowest BCUT2D eigenvalue weighted by atomic mass is 10.1. The summed E-state index contributed by atoms with van der Waals surface area (Å²) in [5, 5.41) is 3.30. The van der Waals surface area contributed by atoms with Crippen LogP contribution in [0.4, 0.5) is 13.2 Å². The van der Waals surface area contributed by atoms with Crippen LogP contribution in [0, 0.1) is 0 Å². The molecule has 122 valence electrons. The van der Waals surface area contributed by atoms with E-state index in [1.165, 1.54) is 23.9 Å². The van der Waals surface area contributed by atoms with Crippen molar-refractivity contribution in [3.05, 3.63) is 40.3 Å². The van der Waals surface area contributed by atoms with Gasteiger partial charge in [-0.2, -0.15) is 13.2 Å². The van der Waals surface area contributed by atoms with Crippen LogP contribution < -0.4 is 5.32 Å². The van der Waals surface area contributed by atoms with Gasteiger partial charge in [0.15, 0.2) is 5.17 Å². The molecule has 0 unspecified atom stereocenters. The van der Waals surface area contributed by atoms with E-state index in [9.17, 15) is 18.0 Å². The molecular weight excluding hydrogens is 325 g/mol. The third-order valence-electron chi connectivity index (χ3n) is 3.81. The van der Waals surface area contributed by atoms with Crippen molar-refractivity contribution in [3.8, 4) is 0 Å². The zero-order valence-electron chi connectivity index (χ0n) is 12.2. The summed E-state index contributed by atoms with van der Waals surface area (Å²) in [7, 11) is 0. The molecule has 0 spiro atoms. The first-order valence-corrected chi connectivity index (χ1v) is 8.19. The van der Waals surface area contributed by atoms with Crippen molar-refractivity contribution in [3.63, 3.8) is 0 Å². The van der Waals surface area contributed by atoms with Crippen molar-refractivity contribution >= 4 is 28.9 Å². The third kappa shape index (κ3) is 3.96. The molecule has 1 aromatic rings. The molecule has 3 nitrogen and oxygen atoms in total. The Hall–Kier alpha value is -1.76. The molecule has 3 rings (SSSR count). The number of halogens is 3. The lowest BCUT2D eigenvalue weighted by Crippen LogP contribution is -2.21. The average Bonchev–Trinajstić information content (AvgIpc) is 3.10. The SMILES string of the molecule is O=C1NC(=NC2CCCC2)SC1=Cc1ccc(C(F)(F)F)cc1. The molecule has 1 aliphatic heterocycles. The Labute approximate surface area is 136 Å². The molecule has 23 heavy (non-hydrogen) atoms. The van der Waals surface area contributed by atoms with Crippen LogP contribution >= 0.6 is 11.8 Å². The van der Waals surface area contributed by atoms with Crippen LogP contribution in [0.25, 0.3) is 6.08 Å². The van der Waals surface area contributed by atoms with E-state index in [2.05, 4.69) is 10.3 Å². The summed E-state index contributed by atoms with van der Waals surface area (Å²) in [4.78, 5) is 16.9. The van der Waals surface area contributed by atoms with Crippen molar-refractivity contribution in [1.82, 2.24) is 5.32 Å². The van der Waals surface area contributed by atoms with Crippen molar-refractivity contribution in [2.75, 3.05) is 0 Å². The van der Waals surface area contributed by atoms with E-state index in [0.29, 0.717) is 15.6 Å². The molecule has 0 atom stereocenters. The number of hydrogen-bond donors (Lipinski definition) is 1. The van der Waals surface area contributed by atoms with Gasteiger partial charge in [0.25, 0.3) is 5.91 Å². The van der Waals surface area contributed by atoms with Crippen LogP contribution in [0.15, 0.2) is 34.2 Å². The van der Waals surface area contributed by atoms with Crippen LogP contribution in [0.3, 0.4) is 0 Å². The number of carbonyl (C=O) groups is 1. The lowest BCUT2D eigenvalue weighted by Gasteiger charge is -2.06. The second-order valence-corrected chi connectivity index (χ2v) is 6.59. The minimum atomic E-state index is -4.35. The average molecular weight is 340 g/mol. The number of alkyl halides is 3. The summed E-state index contributed by atoms with van der Waals surface area (Å²) in [6.07, 6.45) is 1.63. The fourth-order valence-corrected chi connectivity index (χ4v) is 3.50. The van der Waals surface area contributed by atoms with Crippen molar-refractivity contribution < 1.29 is 18.0 Å². The highest BCUT2D eigenvalue weighted by atomic mass is 32.2. The van der Waals surface area contributed by atoms with Gasteiger partial charge >= 0.3 is 6.18 Å². The van der Waals surface area contributed by atoms with Gasteiger partial charge in [-0.05, 0) is 48.4 Å². The topological polar surface area (TPSA) is 41.5 Å². The van der Waals surface area contributed by atoms with E-state index in [1.54, 1.807) is 6.08 Å². The van der Waals surface area contributed by atoms with E-state index in [0.717, 1.165) is 37.8 Å². The largest absolute Gasteiger partial charge is 0.416 e. The number of hydrogen-bond acceptors (Lipinski definition) is 3. The molecule has 1 saturated carbocycles. The number of carbonyl (C=O) groups excluding carboxylic acids is 1. The van der Waals surface area contributed by atoms with Crippen LogP contribution in [0.2, 0.25) is 0 Å². The van der Waals surface area contributed by atoms with Crippen LogP contribution in [0.5, 0.6) is 0 Å². The fraction of sp³-hybridized carbons (Fsp3) is 0.375. The summed E-state index contributed by atoms with van der Waals surface area (Å²) in [6, 6.07) is 5.00. The van der Waals surface area contributed by atoms with Gasteiger partial charge in [0.05, 0.1) is 16.5 Å². The minimum Gasteiger partial charge on any atom is -0.301 e. The van der Waals surface area contributed by atoms with Gasteiger partial charge in [-0.1, -0.05) is 25.0 Å². The number of rotatable bonds is 2. The van der Waals surface area contributed by atoms with Gasteiger partial charge in [0, 0.05) is 0 Å². The third-order valence-corrected chi connectivity index (χ3v) is 4.74. The molecule has 1 amide bonds. The Morgan fingerprint density at radius 3 is 2.43 bits per heavy atom. The quantitative estimate of drug-likeness (QED) is 0.820. The van der Waals surface area contributed by atoms with E-state index in [4.69, 9.17) is 0 Å². The summed E-state index contributed by atoms with van der Waals surface area (Å²) in [6.45, 7) is 0. The first-order chi connectivity index (χ1) is 10.9. The zero-order valence-corrected chi connectivity index (χ0v) is 13.0. The molecule has 1 aliphatic carbocycles. The second kappa shape index (κ2) is 6.39. The van der Waals surface area contributed by atoms with Crippen molar-refractivity contribution in [2.45, 2.75) is 37.9 Å². The van der Waals surface area contributed by atoms with E-state index in [1.807, 2.05) is 0 Å². The van der Waals surface area contributed by atoms with Gasteiger partial charge in [-0.3, -0.25) is 9.79 Å². The number of amides is 1. The molecule has 1 saturated heterocycles. The highest BCUT2D eigenvalue weighted by Gasteiger charge is 2.30. The number of aliphatic imine (C=N–C) groups is 1. The van der Waals surface area contributed by atoms with E-state index < -0.39 is 11.7 Å². The Kier molecular flexibility index (Phi) is 4.48. The van der Waals surface area contributed by atoms with Gasteiger partial charge < -0.3 is 5.32 Å². The van der Waals surface area contributed by atoms with Gasteiger partial charge in [-0.25, -0.2) is 0 Å². The number of amidine groups is 1. The smallest absolute Gasteiger partial charge is 0.301 e. The van der Waals surface area contributed by atoms with Crippen molar-refractivity contribution in [2.24, 2.45) is 4.99 Å². The standard InChI is InChI=1S/C16H15F3N2OS/c17-16(18,19)11-7-5-10(6-8-11)9-13-14(22)21-15(23-13)20-12-3-1-2-4-12/h5-9,12H,1-4H2,(H,20,21,22). The maximum Gasteiger partial charge on any atom is 0.416 e. The molecule has 1 N–H and O–H groups in total. The highest BCUT2D eigenvalue weighted by Crippen LogP contribution is 2.31. The Morgan fingerprint density at radius 1 is 1.17 bits per heavy atom. The number of benzene rings is 1. The monoisotopic (exact) mass is 340 g/mol. The molecule has 0 aromatic heterocycles. The molecule has 1 heterocycles. The highest BCUT2D eigenvalue weighted by molar-refractivity contribution is 8.18. The van der Waals surface area contributed by atoms with Gasteiger partial charge in [-0.15, -0.1) is 0 Å². The number of nitrogens with one attached hydrogen (secondary N) is 1. The Morgan fingerprint density at radius 2 is 1.83 bits per heavy atom.